The summed E-state index contributed by atoms with van der Waals surface area (Å²) in [4.78, 5) is 13.0. The van der Waals surface area contributed by atoms with Crippen LogP contribution in [0.5, 0.6) is 17.2 Å². The zero-order valence-corrected chi connectivity index (χ0v) is 18.7. The average molecular weight is 433 g/mol. The van der Waals surface area contributed by atoms with Crippen molar-refractivity contribution >= 4 is 5.78 Å². The Morgan fingerprint density at radius 2 is 1.53 bits per heavy atom. The number of rotatable bonds is 12. The predicted octanol–water partition coefficient (Wildman–Crippen LogP) is 6.66. The van der Waals surface area contributed by atoms with E-state index in [-0.39, 0.29) is 22.8 Å². The number of carbonyl (C=O) groups is 1. The number of phenolic OH excluding ortho intramolecular Hbond substituents is 2. The maximum Gasteiger partial charge on any atom is 0.196 e. The molecule has 2 N–H and O–H groups in total. The lowest BCUT2D eigenvalue weighted by molar-refractivity contribution is 0.103. The van der Waals surface area contributed by atoms with Crippen LogP contribution in [0.3, 0.4) is 0 Å². The summed E-state index contributed by atoms with van der Waals surface area (Å²) < 4.78 is 5.78. The molecule has 0 aromatic heterocycles. The number of unbranched alkanes of at least 4 members (excludes halogenated alkanes) is 5. The molecular formula is C28H32O4. The molecule has 4 heteroatoms. The Hall–Kier alpha value is -3.27. The second-order valence-corrected chi connectivity index (χ2v) is 8.13. The van der Waals surface area contributed by atoms with Crippen molar-refractivity contribution in [1.29, 1.82) is 0 Å². The zero-order chi connectivity index (χ0) is 22.8. The molecule has 3 aromatic carbocycles. The van der Waals surface area contributed by atoms with E-state index in [0.29, 0.717) is 24.2 Å². The van der Waals surface area contributed by atoms with Gasteiger partial charge in [0.15, 0.2) is 5.78 Å². The summed E-state index contributed by atoms with van der Waals surface area (Å²) >= 11 is 0. The van der Waals surface area contributed by atoms with Gasteiger partial charge >= 0.3 is 0 Å². The first kappa shape index (κ1) is 23.4. The molecule has 3 rings (SSSR count). The highest BCUT2D eigenvalue weighted by Crippen LogP contribution is 2.31. The minimum absolute atomic E-state index is 0.0454. The fourth-order valence-corrected chi connectivity index (χ4v) is 3.73. The third-order valence-electron chi connectivity index (χ3n) is 5.54. The van der Waals surface area contributed by atoms with Gasteiger partial charge in [-0.05, 0) is 48.4 Å². The molecule has 0 fully saturated rings. The van der Waals surface area contributed by atoms with E-state index in [1.54, 1.807) is 24.3 Å². The summed E-state index contributed by atoms with van der Waals surface area (Å²) in [6, 6.07) is 19.4. The minimum atomic E-state index is -0.338. The Morgan fingerprint density at radius 1 is 0.844 bits per heavy atom. The Bertz CT molecular complexity index is 994. The van der Waals surface area contributed by atoms with Gasteiger partial charge in [0.2, 0.25) is 0 Å². The number of hydrogen-bond donors (Lipinski definition) is 2. The number of ketones is 1. The number of hydrogen-bond acceptors (Lipinski definition) is 4. The van der Waals surface area contributed by atoms with Gasteiger partial charge in [-0.15, -0.1) is 0 Å². The van der Waals surface area contributed by atoms with Gasteiger partial charge in [0.05, 0.1) is 12.2 Å². The van der Waals surface area contributed by atoms with Crippen molar-refractivity contribution in [3.05, 3.63) is 89.0 Å². The lowest BCUT2D eigenvalue weighted by Crippen LogP contribution is -2.04. The van der Waals surface area contributed by atoms with Crippen molar-refractivity contribution < 1.29 is 19.7 Å². The van der Waals surface area contributed by atoms with Gasteiger partial charge in [0.1, 0.15) is 17.2 Å². The van der Waals surface area contributed by atoms with Crippen LogP contribution in [-0.4, -0.2) is 22.6 Å². The molecule has 0 saturated carbocycles. The Morgan fingerprint density at radius 3 is 2.25 bits per heavy atom. The monoisotopic (exact) mass is 432 g/mol. The van der Waals surface area contributed by atoms with Crippen LogP contribution in [0.2, 0.25) is 0 Å². The van der Waals surface area contributed by atoms with Gasteiger partial charge in [0.25, 0.3) is 0 Å². The van der Waals surface area contributed by atoms with E-state index in [4.69, 9.17) is 4.74 Å². The molecule has 4 nitrogen and oxygen atoms in total. The molecular weight excluding hydrogens is 400 g/mol. The van der Waals surface area contributed by atoms with Gasteiger partial charge in [-0.1, -0.05) is 69.4 Å². The Kier molecular flexibility index (Phi) is 8.73. The molecule has 0 amide bonds. The fourth-order valence-electron chi connectivity index (χ4n) is 3.73. The third-order valence-corrected chi connectivity index (χ3v) is 5.54. The summed E-state index contributed by atoms with van der Waals surface area (Å²) in [5.41, 5.74) is 2.03. The van der Waals surface area contributed by atoms with Crippen molar-refractivity contribution in [2.75, 3.05) is 6.61 Å². The van der Waals surface area contributed by atoms with Crippen LogP contribution < -0.4 is 4.74 Å². The largest absolute Gasteiger partial charge is 0.508 e. The summed E-state index contributed by atoms with van der Waals surface area (Å²) in [5.74, 6) is 0.242. The van der Waals surface area contributed by atoms with E-state index in [1.165, 1.54) is 44.2 Å². The number of ether oxygens (including phenoxy) is 1. The molecule has 0 saturated heterocycles. The van der Waals surface area contributed by atoms with Crippen LogP contribution in [-0.2, 0) is 6.42 Å². The molecule has 0 radical (unpaired) electrons. The minimum Gasteiger partial charge on any atom is -0.508 e. The maximum atomic E-state index is 13.0. The summed E-state index contributed by atoms with van der Waals surface area (Å²) in [5, 5.41) is 20.9. The van der Waals surface area contributed by atoms with Gasteiger partial charge in [-0.25, -0.2) is 0 Å². The molecule has 32 heavy (non-hydrogen) atoms. The highest BCUT2D eigenvalue weighted by atomic mass is 16.5. The van der Waals surface area contributed by atoms with Crippen LogP contribution in [0.15, 0.2) is 66.7 Å². The summed E-state index contributed by atoms with van der Waals surface area (Å²) in [6.07, 6.45) is 7.67. The number of carbonyl (C=O) groups excluding carboxylic acids is 1. The molecule has 0 aliphatic heterocycles. The molecule has 0 aliphatic carbocycles. The van der Waals surface area contributed by atoms with Crippen molar-refractivity contribution in [3.63, 3.8) is 0 Å². The average Bonchev–Trinajstić information content (AvgIpc) is 2.81. The SMILES string of the molecule is CCCCCCCCOc1ccc(C(=O)c2cc(O)cc(Cc3ccccc3)c2O)cc1. The Balaban J connectivity index is 1.63. The van der Waals surface area contributed by atoms with E-state index in [2.05, 4.69) is 6.92 Å². The second kappa shape index (κ2) is 11.9. The number of benzene rings is 3. The molecule has 168 valence electrons. The lowest BCUT2D eigenvalue weighted by Gasteiger charge is -2.11. The molecule has 0 unspecified atom stereocenters. The first-order valence-corrected chi connectivity index (χ1v) is 11.4. The first-order valence-electron chi connectivity index (χ1n) is 11.4. The molecule has 0 spiro atoms. The molecule has 0 atom stereocenters. The smallest absolute Gasteiger partial charge is 0.196 e. The van der Waals surface area contributed by atoms with Crippen molar-refractivity contribution in [1.82, 2.24) is 0 Å². The van der Waals surface area contributed by atoms with Crippen LogP contribution in [0.25, 0.3) is 0 Å². The highest BCUT2D eigenvalue weighted by molar-refractivity contribution is 6.11. The topological polar surface area (TPSA) is 66.8 Å². The third kappa shape index (κ3) is 6.61. The van der Waals surface area contributed by atoms with E-state index in [0.717, 1.165) is 17.7 Å². The second-order valence-electron chi connectivity index (χ2n) is 8.13. The van der Waals surface area contributed by atoms with E-state index in [1.807, 2.05) is 30.3 Å². The summed E-state index contributed by atoms with van der Waals surface area (Å²) in [7, 11) is 0. The van der Waals surface area contributed by atoms with Crippen LogP contribution >= 0.6 is 0 Å². The van der Waals surface area contributed by atoms with Gasteiger partial charge in [-0.2, -0.15) is 0 Å². The normalized spacial score (nSPS) is 10.8. The highest BCUT2D eigenvalue weighted by Gasteiger charge is 2.18. The van der Waals surface area contributed by atoms with E-state index < -0.39 is 0 Å². The fraction of sp³-hybridized carbons (Fsp3) is 0.321. The standard InChI is InChI=1S/C28H32O4/c1-2-3-4-5-6-10-17-32-25-15-13-22(14-16-25)27(30)26-20-24(29)19-23(28(26)31)18-21-11-8-7-9-12-21/h7-9,11-16,19-20,29,31H,2-6,10,17-18H2,1H3. The zero-order valence-electron chi connectivity index (χ0n) is 18.7. The molecule has 0 bridgehead atoms. The maximum absolute atomic E-state index is 13.0. The molecule has 3 aromatic rings. The van der Waals surface area contributed by atoms with E-state index >= 15 is 0 Å². The van der Waals surface area contributed by atoms with Crippen LogP contribution in [0, 0.1) is 0 Å². The van der Waals surface area contributed by atoms with Gasteiger partial charge in [0, 0.05) is 17.5 Å². The Labute approximate surface area is 190 Å². The number of phenols is 2. The van der Waals surface area contributed by atoms with Crippen LogP contribution in [0.1, 0.15) is 72.5 Å². The van der Waals surface area contributed by atoms with E-state index in [9.17, 15) is 15.0 Å². The van der Waals surface area contributed by atoms with Gasteiger partial charge in [-0.3, -0.25) is 4.79 Å². The molecule has 0 heterocycles. The van der Waals surface area contributed by atoms with Crippen molar-refractivity contribution in [2.45, 2.75) is 51.9 Å². The predicted molar refractivity (Wildman–Crippen MR) is 128 cm³/mol. The van der Waals surface area contributed by atoms with Crippen molar-refractivity contribution in [2.24, 2.45) is 0 Å². The van der Waals surface area contributed by atoms with Crippen molar-refractivity contribution in [3.8, 4) is 17.2 Å². The lowest BCUT2D eigenvalue weighted by atomic mass is 9.96. The van der Waals surface area contributed by atoms with Gasteiger partial charge < -0.3 is 14.9 Å². The summed E-state index contributed by atoms with van der Waals surface area (Å²) in [6.45, 7) is 2.87. The number of aromatic hydroxyl groups is 2. The molecule has 0 aliphatic rings. The first-order chi connectivity index (χ1) is 15.6. The van der Waals surface area contributed by atoms with Crippen LogP contribution in [0.4, 0.5) is 0 Å². The quantitative estimate of drug-likeness (QED) is 0.191.